The molecule has 2 aliphatic heterocycles. The van der Waals surface area contributed by atoms with Crippen LogP contribution in [-0.4, -0.2) is 45.3 Å². The number of nitrogens with zero attached hydrogens (tertiary/aromatic N) is 4. The highest BCUT2D eigenvalue weighted by molar-refractivity contribution is 4.99. The molecular formula is C16H27N5. The summed E-state index contributed by atoms with van der Waals surface area (Å²) in [5, 5.41) is 12.5. The van der Waals surface area contributed by atoms with Gasteiger partial charge in [-0.25, -0.2) is 0 Å². The van der Waals surface area contributed by atoms with E-state index in [0.29, 0.717) is 6.04 Å². The SMILES string of the molecule is C1CCn2c(nnc2CN(CC2CC2)CC2CCCN2)C1. The van der Waals surface area contributed by atoms with Gasteiger partial charge in [0.05, 0.1) is 6.54 Å². The number of nitrogens with one attached hydrogen (secondary N) is 1. The predicted molar refractivity (Wildman–Crippen MR) is 82.0 cm³/mol. The van der Waals surface area contributed by atoms with Gasteiger partial charge >= 0.3 is 0 Å². The molecule has 1 saturated carbocycles. The lowest BCUT2D eigenvalue weighted by atomic mass is 10.1. The summed E-state index contributed by atoms with van der Waals surface area (Å²) < 4.78 is 2.38. The Morgan fingerprint density at radius 3 is 2.86 bits per heavy atom. The third-order valence-corrected chi connectivity index (χ3v) is 5.16. The molecule has 1 atom stereocenters. The summed E-state index contributed by atoms with van der Waals surface area (Å²) in [7, 11) is 0. The second-order valence-corrected chi connectivity index (χ2v) is 7.07. The van der Waals surface area contributed by atoms with Crippen LogP contribution in [0.1, 0.15) is 50.2 Å². The van der Waals surface area contributed by atoms with Crippen molar-refractivity contribution in [2.24, 2.45) is 5.92 Å². The first-order chi connectivity index (χ1) is 10.4. The summed E-state index contributed by atoms with van der Waals surface area (Å²) in [4.78, 5) is 2.63. The minimum atomic E-state index is 0.687. The Morgan fingerprint density at radius 1 is 1.10 bits per heavy atom. The van der Waals surface area contributed by atoms with Crippen molar-refractivity contribution in [2.45, 2.75) is 64.1 Å². The van der Waals surface area contributed by atoms with Gasteiger partial charge in [-0.15, -0.1) is 10.2 Å². The van der Waals surface area contributed by atoms with Crippen molar-refractivity contribution in [1.82, 2.24) is 25.0 Å². The molecule has 3 aliphatic rings. The first-order valence-electron chi connectivity index (χ1n) is 8.75. The minimum absolute atomic E-state index is 0.687. The minimum Gasteiger partial charge on any atom is -0.314 e. The summed E-state index contributed by atoms with van der Waals surface area (Å²) in [6.45, 7) is 5.74. The van der Waals surface area contributed by atoms with E-state index < -0.39 is 0 Å². The van der Waals surface area contributed by atoms with Crippen LogP contribution >= 0.6 is 0 Å². The van der Waals surface area contributed by atoms with E-state index in [4.69, 9.17) is 0 Å². The molecule has 1 aromatic heterocycles. The van der Waals surface area contributed by atoms with Crippen molar-refractivity contribution in [3.05, 3.63) is 11.6 Å². The molecule has 4 rings (SSSR count). The molecule has 0 radical (unpaired) electrons. The highest BCUT2D eigenvalue weighted by Crippen LogP contribution is 2.30. The first-order valence-corrected chi connectivity index (χ1v) is 8.75. The van der Waals surface area contributed by atoms with Gasteiger partial charge in [0.2, 0.25) is 0 Å². The highest BCUT2D eigenvalue weighted by Gasteiger charge is 2.28. The summed E-state index contributed by atoms with van der Waals surface area (Å²) in [6.07, 6.45) is 9.18. The van der Waals surface area contributed by atoms with Gasteiger partial charge < -0.3 is 9.88 Å². The molecule has 1 N–H and O–H groups in total. The van der Waals surface area contributed by atoms with Crippen LogP contribution in [0.3, 0.4) is 0 Å². The number of fused-ring (bicyclic) bond motifs is 1. The predicted octanol–water partition coefficient (Wildman–Crippen LogP) is 1.58. The molecule has 1 aromatic rings. The molecule has 2 fully saturated rings. The van der Waals surface area contributed by atoms with Crippen LogP contribution in [0.25, 0.3) is 0 Å². The lowest BCUT2D eigenvalue weighted by Crippen LogP contribution is -2.39. The molecule has 21 heavy (non-hydrogen) atoms. The van der Waals surface area contributed by atoms with Gasteiger partial charge in [0, 0.05) is 32.1 Å². The number of rotatable bonds is 6. The molecule has 5 heteroatoms. The largest absolute Gasteiger partial charge is 0.314 e. The van der Waals surface area contributed by atoms with Crippen molar-refractivity contribution in [3.63, 3.8) is 0 Å². The topological polar surface area (TPSA) is 46.0 Å². The van der Waals surface area contributed by atoms with Crippen LogP contribution in [0.5, 0.6) is 0 Å². The molecule has 0 aromatic carbocycles. The van der Waals surface area contributed by atoms with E-state index in [-0.39, 0.29) is 0 Å². The van der Waals surface area contributed by atoms with E-state index in [1.165, 1.54) is 69.8 Å². The maximum absolute atomic E-state index is 4.49. The van der Waals surface area contributed by atoms with E-state index in [1.54, 1.807) is 0 Å². The van der Waals surface area contributed by atoms with Gasteiger partial charge in [0.15, 0.2) is 0 Å². The zero-order chi connectivity index (χ0) is 14.1. The Bertz CT molecular complexity index is 473. The summed E-state index contributed by atoms with van der Waals surface area (Å²) in [5.41, 5.74) is 0. The third-order valence-electron chi connectivity index (χ3n) is 5.16. The second kappa shape index (κ2) is 6.05. The Morgan fingerprint density at radius 2 is 2.05 bits per heavy atom. The normalized spacial score (nSPS) is 25.5. The molecule has 3 heterocycles. The van der Waals surface area contributed by atoms with Crippen molar-refractivity contribution >= 4 is 0 Å². The Balaban J connectivity index is 1.43. The van der Waals surface area contributed by atoms with Gasteiger partial charge in [-0.05, 0) is 51.0 Å². The van der Waals surface area contributed by atoms with Gasteiger partial charge in [-0.1, -0.05) is 0 Å². The van der Waals surface area contributed by atoms with Crippen LogP contribution in [0.4, 0.5) is 0 Å². The number of hydrogen-bond donors (Lipinski definition) is 1. The lowest BCUT2D eigenvalue weighted by molar-refractivity contribution is 0.222. The van der Waals surface area contributed by atoms with Crippen molar-refractivity contribution < 1.29 is 0 Å². The summed E-state index contributed by atoms with van der Waals surface area (Å²) in [6, 6.07) is 0.687. The fourth-order valence-electron chi connectivity index (χ4n) is 3.78. The number of hydrogen-bond acceptors (Lipinski definition) is 4. The van der Waals surface area contributed by atoms with E-state index in [9.17, 15) is 0 Å². The van der Waals surface area contributed by atoms with Crippen molar-refractivity contribution in [1.29, 1.82) is 0 Å². The standard InChI is InChI=1S/C16H27N5/c1-2-9-21-15(5-1)18-19-16(21)12-20(10-13-6-7-13)11-14-4-3-8-17-14/h13-14,17H,1-12H2. The Labute approximate surface area is 127 Å². The van der Waals surface area contributed by atoms with Gasteiger partial charge in [0.1, 0.15) is 11.6 Å². The molecule has 5 nitrogen and oxygen atoms in total. The molecule has 1 aliphatic carbocycles. The molecule has 1 saturated heterocycles. The first kappa shape index (κ1) is 13.7. The van der Waals surface area contributed by atoms with Crippen molar-refractivity contribution in [3.8, 4) is 0 Å². The highest BCUT2D eigenvalue weighted by atomic mass is 15.3. The van der Waals surface area contributed by atoms with Crippen molar-refractivity contribution in [2.75, 3.05) is 19.6 Å². The molecular weight excluding hydrogens is 262 g/mol. The van der Waals surface area contributed by atoms with E-state index in [1.807, 2.05) is 0 Å². The molecule has 1 unspecified atom stereocenters. The van der Waals surface area contributed by atoms with E-state index in [2.05, 4.69) is 25.0 Å². The van der Waals surface area contributed by atoms with E-state index >= 15 is 0 Å². The molecule has 116 valence electrons. The fourth-order valence-corrected chi connectivity index (χ4v) is 3.78. The van der Waals surface area contributed by atoms with Gasteiger partial charge in [0.25, 0.3) is 0 Å². The van der Waals surface area contributed by atoms with Crippen LogP contribution in [0.15, 0.2) is 0 Å². The van der Waals surface area contributed by atoms with Gasteiger partial charge in [-0.2, -0.15) is 0 Å². The monoisotopic (exact) mass is 289 g/mol. The van der Waals surface area contributed by atoms with Gasteiger partial charge in [-0.3, -0.25) is 4.90 Å². The molecule has 0 spiro atoms. The Kier molecular flexibility index (Phi) is 3.95. The average molecular weight is 289 g/mol. The lowest BCUT2D eigenvalue weighted by Gasteiger charge is -2.26. The fraction of sp³-hybridized carbons (Fsp3) is 0.875. The maximum Gasteiger partial charge on any atom is 0.147 e. The molecule has 0 bridgehead atoms. The van der Waals surface area contributed by atoms with E-state index in [0.717, 1.165) is 25.4 Å². The van der Waals surface area contributed by atoms with Crippen LogP contribution in [-0.2, 0) is 19.5 Å². The zero-order valence-corrected chi connectivity index (χ0v) is 12.9. The van der Waals surface area contributed by atoms with Crippen LogP contribution in [0, 0.1) is 5.92 Å². The smallest absolute Gasteiger partial charge is 0.147 e. The zero-order valence-electron chi connectivity index (χ0n) is 12.9. The quantitative estimate of drug-likeness (QED) is 0.863. The third kappa shape index (κ3) is 3.29. The number of aryl methyl sites for hydroxylation is 1. The van der Waals surface area contributed by atoms with Crippen LogP contribution < -0.4 is 5.32 Å². The van der Waals surface area contributed by atoms with Crippen LogP contribution in [0.2, 0.25) is 0 Å². The summed E-state index contributed by atoms with van der Waals surface area (Å²) >= 11 is 0. The average Bonchev–Trinajstić information content (AvgIpc) is 3.00. The second-order valence-electron chi connectivity index (χ2n) is 7.07. The summed E-state index contributed by atoms with van der Waals surface area (Å²) in [5.74, 6) is 3.35. The maximum atomic E-state index is 4.49. The molecule has 0 amide bonds. The number of aromatic nitrogens is 3. The Hall–Kier alpha value is -0.940.